The first-order chi connectivity index (χ1) is 9.60. The van der Waals surface area contributed by atoms with Crippen LogP contribution in [0.2, 0.25) is 0 Å². The summed E-state index contributed by atoms with van der Waals surface area (Å²) in [6, 6.07) is 0. The number of aliphatic hydroxyl groups is 1. The van der Waals surface area contributed by atoms with Crippen LogP contribution in [0.1, 0.15) is 26.5 Å². The molecule has 0 aliphatic carbocycles. The van der Waals surface area contributed by atoms with Gasteiger partial charge in [0.2, 0.25) is 5.95 Å². The van der Waals surface area contributed by atoms with Crippen molar-refractivity contribution in [3.8, 4) is 0 Å². The maximum atomic E-state index is 9.21. The molecule has 2 atom stereocenters. The molecule has 8 heteroatoms. The summed E-state index contributed by atoms with van der Waals surface area (Å²) in [5.41, 5.74) is 6.93. The van der Waals surface area contributed by atoms with Crippen LogP contribution < -0.4 is 11.1 Å². The fourth-order valence-electron chi connectivity index (χ4n) is 1.99. The first kappa shape index (κ1) is 14.5. The number of nitrogens with two attached hydrogens (primary N) is 1. The lowest BCUT2D eigenvalue weighted by Gasteiger charge is -2.20. The molecule has 8 nitrogen and oxygen atoms in total. The molecule has 0 bridgehead atoms. The Bertz CT molecular complexity index is 581. The Kier molecular flexibility index (Phi) is 4.35. The van der Waals surface area contributed by atoms with Gasteiger partial charge < -0.3 is 20.9 Å². The van der Waals surface area contributed by atoms with Crippen LogP contribution in [-0.2, 0) is 4.74 Å². The smallest absolute Gasteiger partial charge is 0.224 e. The summed E-state index contributed by atoms with van der Waals surface area (Å²) < 4.78 is 7.54. The van der Waals surface area contributed by atoms with Crippen LogP contribution in [0.5, 0.6) is 0 Å². The zero-order chi connectivity index (χ0) is 14.7. The predicted molar refractivity (Wildman–Crippen MR) is 76.2 cm³/mol. The van der Waals surface area contributed by atoms with Crippen LogP contribution in [-0.4, -0.2) is 44.4 Å². The fraction of sp³-hybridized carbons (Fsp3) is 0.583. The first-order valence-corrected chi connectivity index (χ1v) is 6.54. The van der Waals surface area contributed by atoms with E-state index in [4.69, 9.17) is 10.5 Å². The van der Waals surface area contributed by atoms with Crippen LogP contribution in [0, 0.1) is 0 Å². The average Bonchev–Trinajstić information content (AvgIpc) is 2.87. The molecule has 0 fully saturated rings. The number of anilines is 2. The SMILES string of the molecule is CCC(CO)OC(C)n1cnc2c(NC)nc(N)nc21. The Labute approximate surface area is 117 Å². The largest absolute Gasteiger partial charge is 0.394 e. The molecule has 0 amide bonds. The van der Waals surface area contributed by atoms with Crippen molar-refractivity contribution in [3.05, 3.63) is 6.33 Å². The third kappa shape index (κ3) is 2.66. The number of nitrogens with one attached hydrogen (secondary N) is 1. The highest BCUT2D eigenvalue weighted by atomic mass is 16.5. The summed E-state index contributed by atoms with van der Waals surface area (Å²) in [7, 11) is 1.75. The Balaban J connectivity index is 2.37. The van der Waals surface area contributed by atoms with Crippen molar-refractivity contribution in [2.45, 2.75) is 32.6 Å². The molecule has 2 aromatic heterocycles. The van der Waals surface area contributed by atoms with E-state index in [0.29, 0.717) is 17.0 Å². The number of ether oxygens (including phenoxy) is 1. The van der Waals surface area contributed by atoms with Gasteiger partial charge in [-0.3, -0.25) is 4.57 Å². The highest BCUT2D eigenvalue weighted by Crippen LogP contribution is 2.23. The minimum Gasteiger partial charge on any atom is -0.394 e. The molecule has 110 valence electrons. The number of rotatable bonds is 6. The number of aliphatic hydroxyl groups excluding tert-OH is 1. The van der Waals surface area contributed by atoms with Crippen LogP contribution in [0.4, 0.5) is 11.8 Å². The van der Waals surface area contributed by atoms with E-state index in [1.54, 1.807) is 17.9 Å². The van der Waals surface area contributed by atoms with Crippen LogP contribution >= 0.6 is 0 Å². The lowest BCUT2D eigenvalue weighted by molar-refractivity contribution is -0.0647. The molecular weight excluding hydrogens is 260 g/mol. The Morgan fingerprint density at radius 1 is 1.50 bits per heavy atom. The van der Waals surface area contributed by atoms with Crippen LogP contribution in [0.15, 0.2) is 6.33 Å². The second-order valence-electron chi connectivity index (χ2n) is 4.45. The van der Waals surface area contributed by atoms with E-state index >= 15 is 0 Å². The van der Waals surface area contributed by atoms with Gasteiger partial charge in [0.05, 0.1) is 19.0 Å². The van der Waals surface area contributed by atoms with Gasteiger partial charge in [-0.15, -0.1) is 0 Å². The lowest BCUT2D eigenvalue weighted by atomic mass is 10.3. The number of hydrogen-bond donors (Lipinski definition) is 3. The molecule has 0 aromatic carbocycles. The van der Waals surface area contributed by atoms with Crippen LogP contribution in [0.25, 0.3) is 11.2 Å². The number of nitrogens with zero attached hydrogens (tertiary/aromatic N) is 4. The van der Waals surface area contributed by atoms with Gasteiger partial charge in [0.1, 0.15) is 6.23 Å². The van der Waals surface area contributed by atoms with Gasteiger partial charge in [-0.2, -0.15) is 9.97 Å². The molecular formula is C12H20N6O2. The molecule has 2 unspecified atom stereocenters. The highest BCUT2D eigenvalue weighted by Gasteiger charge is 2.17. The average molecular weight is 280 g/mol. The Morgan fingerprint density at radius 3 is 2.85 bits per heavy atom. The molecule has 2 rings (SSSR count). The third-order valence-corrected chi connectivity index (χ3v) is 3.12. The molecule has 2 aromatic rings. The standard InChI is InChI=1S/C12H20N6O2/c1-4-8(5-19)20-7(2)18-6-15-9-10(14-3)16-12(13)17-11(9)18/h6-8,19H,4-5H2,1-3H3,(H3,13,14,16,17). The molecule has 0 aliphatic rings. The molecule has 0 aliphatic heterocycles. The van der Waals surface area contributed by atoms with E-state index in [-0.39, 0.29) is 24.9 Å². The first-order valence-electron chi connectivity index (χ1n) is 6.54. The summed E-state index contributed by atoms with van der Waals surface area (Å²) >= 11 is 0. The number of hydrogen-bond acceptors (Lipinski definition) is 7. The second-order valence-corrected chi connectivity index (χ2v) is 4.45. The molecule has 2 heterocycles. The second kappa shape index (κ2) is 6.02. The Morgan fingerprint density at radius 2 is 2.25 bits per heavy atom. The monoisotopic (exact) mass is 280 g/mol. The lowest BCUT2D eigenvalue weighted by Crippen LogP contribution is -2.21. The summed E-state index contributed by atoms with van der Waals surface area (Å²) in [6.45, 7) is 3.81. The molecule has 0 saturated carbocycles. The van der Waals surface area contributed by atoms with Gasteiger partial charge in [-0.05, 0) is 13.3 Å². The van der Waals surface area contributed by atoms with Crippen LogP contribution in [0.3, 0.4) is 0 Å². The van der Waals surface area contributed by atoms with E-state index in [1.807, 2.05) is 13.8 Å². The third-order valence-electron chi connectivity index (χ3n) is 3.12. The number of aromatic nitrogens is 4. The number of imidazole rings is 1. The zero-order valence-electron chi connectivity index (χ0n) is 11.9. The molecule has 20 heavy (non-hydrogen) atoms. The molecule has 4 N–H and O–H groups in total. The quantitative estimate of drug-likeness (QED) is 0.716. The van der Waals surface area contributed by atoms with Gasteiger partial charge in [-0.1, -0.05) is 6.92 Å². The van der Waals surface area contributed by atoms with Gasteiger partial charge in [0, 0.05) is 7.05 Å². The molecule has 0 radical (unpaired) electrons. The summed E-state index contributed by atoms with van der Waals surface area (Å²) in [4.78, 5) is 12.6. The summed E-state index contributed by atoms with van der Waals surface area (Å²) in [5.74, 6) is 0.748. The predicted octanol–water partition coefficient (Wildman–Crippen LogP) is 0.756. The van der Waals surface area contributed by atoms with Crippen molar-refractivity contribution in [1.82, 2.24) is 19.5 Å². The maximum absolute atomic E-state index is 9.21. The van der Waals surface area contributed by atoms with Gasteiger partial charge in [0.15, 0.2) is 17.0 Å². The maximum Gasteiger partial charge on any atom is 0.224 e. The zero-order valence-corrected chi connectivity index (χ0v) is 11.9. The highest BCUT2D eigenvalue weighted by molar-refractivity contribution is 5.84. The normalized spacial score (nSPS) is 14.4. The van der Waals surface area contributed by atoms with Crippen molar-refractivity contribution < 1.29 is 9.84 Å². The number of nitrogen functional groups attached to an aromatic ring is 1. The van der Waals surface area contributed by atoms with Crippen molar-refractivity contribution in [2.75, 3.05) is 24.7 Å². The minimum atomic E-state index is -0.309. The van der Waals surface area contributed by atoms with Crippen molar-refractivity contribution in [2.24, 2.45) is 0 Å². The van der Waals surface area contributed by atoms with E-state index in [9.17, 15) is 5.11 Å². The number of fused-ring (bicyclic) bond motifs is 1. The van der Waals surface area contributed by atoms with E-state index in [1.165, 1.54) is 0 Å². The van der Waals surface area contributed by atoms with E-state index in [0.717, 1.165) is 6.42 Å². The van der Waals surface area contributed by atoms with Gasteiger partial charge in [-0.25, -0.2) is 4.98 Å². The molecule has 0 spiro atoms. The van der Waals surface area contributed by atoms with Crippen molar-refractivity contribution in [1.29, 1.82) is 0 Å². The van der Waals surface area contributed by atoms with Crippen molar-refractivity contribution in [3.63, 3.8) is 0 Å². The van der Waals surface area contributed by atoms with E-state index < -0.39 is 0 Å². The van der Waals surface area contributed by atoms with E-state index in [2.05, 4.69) is 20.3 Å². The summed E-state index contributed by atoms with van der Waals surface area (Å²) in [5, 5.41) is 12.1. The van der Waals surface area contributed by atoms with Gasteiger partial charge in [0.25, 0.3) is 0 Å². The molecule has 0 saturated heterocycles. The Hall–Kier alpha value is -1.93. The van der Waals surface area contributed by atoms with Crippen molar-refractivity contribution >= 4 is 22.9 Å². The van der Waals surface area contributed by atoms with Gasteiger partial charge >= 0.3 is 0 Å². The fourth-order valence-corrected chi connectivity index (χ4v) is 1.99. The topological polar surface area (TPSA) is 111 Å². The summed E-state index contributed by atoms with van der Waals surface area (Å²) in [6.07, 6.45) is 1.84. The minimum absolute atomic E-state index is 0.0215.